The van der Waals surface area contributed by atoms with E-state index in [-0.39, 0.29) is 29.7 Å². The van der Waals surface area contributed by atoms with Gasteiger partial charge in [-0.3, -0.25) is 14.4 Å². The van der Waals surface area contributed by atoms with Gasteiger partial charge in [0.15, 0.2) is 0 Å². The highest BCUT2D eigenvalue weighted by atomic mass is 16.6. The van der Waals surface area contributed by atoms with Crippen molar-refractivity contribution in [2.75, 3.05) is 13.7 Å². The largest absolute Gasteiger partial charge is 0.469 e. The van der Waals surface area contributed by atoms with Gasteiger partial charge in [0.2, 0.25) is 0 Å². The van der Waals surface area contributed by atoms with Crippen LogP contribution in [-0.2, 0) is 33.3 Å². The first-order chi connectivity index (χ1) is 14.1. The maximum absolute atomic E-state index is 13.4. The molecule has 6 aliphatic rings. The fraction of sp³-hybridized carbons (Fsp3) is 0.783. The summed E-state index contributed by atoms with van der Waals surface area (Å²) in [4.78, 5) is 38.6. The van der Waals surface area contributed by atoms with E-state index in [9.17, 15) is 14.4 Å². The van der Waals surface area contributed by atoms with Crippen LogP contribution in [-0.4, -0.2) is 48.4 Å². The van der Waals surface area contributed by atoms with Gasteiger partial charge in [-0.05, 0) is 50.9 Å². The number of rotatable bonds is 2. The molecule has 0 aromatic carbocycles. The lowest BCUT2D eigenvalue weighted by atomic mass is 9.58. The van der Waals surface area contributed by atoms with Crippen molar-refractivity contribution >= 4 is 17.9 Å². The van der Waals surface area contributed by atoms with Gasteiger partial charge in [-0.15, -0.1) is 0 Å². The summed E-state index contributed by atoms with van der Waals surface area (Å²) < 4.78 is 23.5. The van der Waals surface area contributed by atoms with Crippen molar-refractivity contribution in [3.63, 3.8) is 0 Å². The fourth-order valence-electron chi connectivity index (χ4n) is 8.79. The molecular formula is C23H28O7. The van der Waals surface area contributed by atoms with Gasteiger partial charge in [0.05, 0.1) is 25.0 Å². The molecule has 8 atom stereocenters. The Labute approximate surface area is 175 Å². The molecule has 6 fully saturated rings. The van der Waals surface area contributed by atoms with Crippen molar-refractivity contribution in [1.29, 1.82) is 0 Å². The summed E-state index contributed by atoms with van der Waals surface area (Å²) in [7, 11) is 1.41. The molecular weight excluding hydrogens is 388 g/mol. The highest BCUT2D eigenvalue weighted by Crippen LogP contribution is 2.81. The molecule has 30 heavy (non-hydrogen) atoms. The normalized spacial score (nSPS) is 54.4. The van der Waals surface area contributed by atoms with Gasteiger partial charge < -0.3 is 18.9 Å². The van der Waals surface area contributed by atoms with Crippen LogP contribution in [0.5, 0.6) is 0 Å². The summed E-state index contributed by atoms with van der Waals surface area (Å²) in [6, 6.07) is 0. The zero-order valence-corrected chi connectivity index (χ0v) is 17.7. The summed E-state index contributed by atoms with van der Waals surface area (Å²) in [6.45, 7) is 8.07. The maximum Gasteiger partial charge on any atom is 0.316 e. The van der Waals surface area contributed by atoms with Crippen molar-refractivity contribution < 1.29 is 33.3 Å². The van der Waals surface area contributed by atoms with E-state index in [2.05, 4.69) is 6.58 Å². The number of fused-ring (bicyclic) bond motifs is 2. The fourth-order valence-corrected chi connectivity index (χ4v) is 8.79. The van der Waals surface area contributed by atoms with Crippen LogP contribution >= 0.6 is 0 Å². The van der Waals surface area contributed by atoms with E-state index in [1.54, 1.807) is 0 Å². The molecule has 0 aromatic rings. The van der Waals surface area contributed by atoms with E-state index in [1.165, 1.54) is 14.0 Å². The van der Waals surface area contributed by atoms with Crippen LogP contribution in [0.4, 0.5) is 0 Å². The lowest BCUT2D eigenvalue weighted by Crippen LogP contribution is -2.50. The molecule has 2 unspecified atom stereocenters. The van der Waals surface area contributed by atoms with E-state index in [0.29, 0.717) is 32.3 Å². The Bertz CT molecular complexity index is 921. The number of hydrogen-bond donors (Lipinski definition) is 0. The maximum atomic E-state index is 13.4. The summed E-state index contributed by atoms with van der Waals surface area (Å²) in [6.07, 6.45) is 4.00. The van der Waals surface area contributed by atoms with Crippen LogP contribution in [0, 0.1) is 28.6 Å². The van der Waals surface area contributed by atoms with E-state index in [4.69, 9.17) is 18.9 Å². The van der Waals surface area contributed by atoms with Gasteiger partial charge in [0, 0.05) is 18.8 Å². The molecule has 0 aromatic heterocycles. The Morgan fingerprint density at radius 3 is 2.60 bits per heavy atom. The Hall–Kier alpha value is -1.89. The quantitative estimate of drug-likeness (QED) is 0.295. The average Bonchev–Trinajstić information content (AvgIpc) is 3.34. The Balaban J connectivity index is 1.56. The zero-order chi connectivity index (χ0) is 21.3. The Morgan fingerprint density at radius 2 is 1.97 bits per heavy atom. The number of carbonyl (C=O) groups excluding carboxylic acids is 3. The second-order valence-corrected chi connectivity index (χ2v) is 10.7. The van der Waals surface area contributed by atoms with E-state index < -0.39 is 33.6 Å². The van der Waals surface area contributed by atoms with Crippen molar-refractivity contribution in [2.45, 2.75) is 69.2 Å². The Morgan fingerprint density at radius 1 is 1.23 bits per heavy atom. The lowest BCUT2D eigenvalue weighted by Gasteiger charge is -2.46. The van der Waals surface area contributed by atoms with Crippen molar-refractivity contribution in [3.05, 3.63) is 12.2 Å². The molecule has 4 bridgehead atoms. The third-order valence-electron chi connectivity index (χ3n) is 9.83. The van der Waals surface area contributed by atoms with E-state index in [0.717, 1.165) is 18.4 Å². The number of epoxide rings is 1. The molecule has 2 heterocycles. The SMILES string of the molecule is C=C1CC[C@]23OC(=O)[C@]1(C)C2[C@H](C(=O)OC)[C@]12C[C@]4(CO4)[C@](OC(C)=O)(CCC31)C2. The molecule has 2 saturated heterocycles. The zero-order valence-electron chi connectivity index (χ0n) is 17.7. The van der Waals surface area contributed by atoms with Crippen LogP contribution in [0.1, 0.15) is 52.4 Å². The molecule has 7 nitrogen and oxygen atoms in total. The van der Waals surface area contributed by atoms with Gasteiger partial charge in [0.1, 0.15) is 16.8 Å². The number of carbonyl (C=O) groups is 3. The standard InChI is InChI=1S/C23H28O7/c1-12-5-8-23-14-6-7-21(29-13(2)24)9-20(14,10-22(21)11-28-22)15(17(25)27-4)16(23)19(12,3)18(26)30-23/h14-16H,1,5-11H2,2-4H3/t14?,15-,16?,19+,20-,21+,22+,23-/m1/s1. The van der Waals surface area contributed by atoms with Crippen LogP contribution in [0.3, 0.4) is 0 Å². The second kappa shape index (κ2) is 5.12. The summed E-state index contributed by atoms with van der Waals surface area (Å²) >= 11 is 0. The second-order valence-electron chi connectivity index (χ2n) is 10.7. The van der Waals surface area contributed by atoms with Gasteiger partial charge in [-0.25, -0.2) is 0 Å². The number of esters is 3. The predicted octanol–water partition coefficient (Wildman–Crippen LogP) is 2.32. The summed E-state index contributed by atoms with van der Waals surface area (Å²) in [5, 5.41) is 0. The Kier molecular flexibility index (Phi) is 3.21. The van der Waals surface area contributed by atoms with Crippen LogP contribution < -0.4 is 0 Å². The minimum Gasteiger partial charge on any atom is -0.469 e. The van der Waals surface area contributed by atoms with Gasteiger partial charge in [-0.1, -0.05) is 12.2 Å². The van der Waals surface area contributed by atoms with Crippen molar-refractivity contribution in [2.24, 2.45) is 28.6 Å². The first kappa shape index (κ1) is 18.8. The monoisotopic (exact) mass is 416 g/mol. The topological polar surface area (TPSA) is 91.4 Å². The predicted molar refractivity (Wildman–Crippen MR) is 102 cm³/mol. The summed E-state index contributed by atoms with van der Waals surface area (Å²) in [5.41, 5.74) is -2.47. The van der Waals surface area contributed by atoms with Crippen molar-refractivity contribution in [1.82, 2.24) is 0 Å². The molecule has 162 valence electrons. The molecule has 0 amide bonds. The van der Waals surface area contributed by atoms with Crippen LogP contribution in [0.2, 0.25) is 0 Å². The summed E-state index contributed by atoms with van der Waals surface area (Å²) in [5.74, 6) is -1.69. The van der Waals surface area contributed by atoms with Crippen molar-refractivity contribution in [3.8, 4) is 0 Å². The highest BCUT2D eigenvalue weighted by molar-refractivity contribution is 5.88. The van der Waals surface area contributed by atoms with Gasteiger partial charge in [0.25, 0.3) is 0 Å². The minimum absolute atomic E-state index is 0.0187. The molecule has 4 aliphatic carbocycles. The van der Waals surface area contributed by atoms with E-state index in [1.807, 2.05) is 6.92 Å². The van der Waals surface area contributed by atoms with Gasteiger partial charge in [-0.2, -0.15) is 0 Å². The molecule has 4 saturated carbocycles. The minimum atomic E-state index is -0.895. The van der Waals surface area contributed by atoms with Gasteiger partial charge >= 0.3 is 17.9 Å². The molecule has 2 spiro atoms. The molecule has 7 heteroatoms. The number of methoxy groups -OCH3 is 1. The lowest BCUT2D eigenvalue weighted by molar-refractivity contribution is -0.174. The third-order valence-corrected chi connectivity index (χ3v) is 9.83. The van der Waals surface area contributed by atoms with Crippen LogP contribution in [0.25, 0.3) is 0 Å². The first-order valence-corrected chi connectivity index (χ1v) is 10.9. The first-order valence-electron chi connectivity index (χ1n) is 10.9. The molecule has 0 radical (unpaired) electrons. The van der Waals surface area contributed by atoms with Crippen LogP contribution in [0.15, 0.2) is 12.2 Å². The number of hydrogen-bond acceptors (Lipinski definition) is 7. The molecule has 6 rings (SSSR count). The average molecular weight is 416 g/mol. The van der Waals surface area contributed by atoms with E-state index >= 15 is 0 Å². The smallest absolute Gasteiger partial charge is 0.316 e. The molecule has 2 aliphatic heterocycles. The highest BCUT2D eigenvalue weighted by Gasteiger charge is 2.88. The third kappa shape index (κ3) is 1.71. The molecule has 0 N–H and O–H groups in total. The number of ether oxygens (including phenoxy) is 4.